The lowest BCUT2D eigenvalue weighted by molar-refractivity contribution is 0.0976. The quantitative estimate of drug-likeness (QED) is 0.464. The number of rotatable bonds is 7. The van der Waals surface area contributed by atoms with Crippen molar-refractivity contribution in [2.24, 2.45) is 0 Å². The summed E-state index contributed by atoms with van der Waals surface area (Å²) in [5.74, 6) is 0.0852. The number of thiocarbonyl (C=S) groups is 1. The molecule has 0 aliphatic rings. The van der Waals surface area contributed by atoms with Gasteiger partial charge in [0.15, 0.2) is 5.11 Å². The molecule has 3 N–H and O–H groups in total. The highest BCUT2D eigenvalue weighted by Gasteiger charge is 2.10. The van der Waals surface area contributed by atoms with E-state index in [-0.39, 0.29) is 16.9 Å². The van der Waals surface area contributed by atoms with Crippen LogP contribution in [0.5, 0.6) is 5.75 Å². The van der Waals surface area contributed by atoms with E-state index in [9.17, 15) is 9.59 Å². The lowest BCUT2D eigenvalue weighted by Gasteiger charge is -2.12. The van der Waals surface area contributed by atoms with E-state index in [0.29, 0.717) is 34.9 Å². The van der Waals surface area contributed by atoms with Gasteiger partial charge in [0, 0.05) is 22.5 Å². The lowest BCUT2D eigenvalue weighted by Crippen LogP contribution is -2.34. The predicted molar refractivity (Wildman–Crippen MR) is 127 cm³/mol. The topological polar surface area (TPSA) is 79.5 Å². The highest BCUT2D eigenvalue weighted by Crippen LogP contribution is 2.17. The number of amides is 2. The van der Waals surface area contributed by atoms with Gasteiger partial charge in [0.25, 0.3) is 11.8 Å². The summed E-state index contributed by atoms with van der Waals surface area (Å²) >= 11 is 5.26. The standard InChI is InChI=1S/C24H23N3O3S/c1-2-14-30-21-13-6-10-18(15-21)23(29)27-24(31)26-20-12-7-11-19(16-20)25-22(28)17-8-4-3-5-9-17/h3-13,15-16H,2,14H2,1H3,(H,25,28)(H2,26,27,29,31). The van der Waals surface area contributed by atoms with E-state index in [2.05, 4.69) is 16.0 Å². The molecular formula is C24H23N3O3S. The van der Waals surface area contributed by atoms with Crippen LogP contribution in [0.3, 0.4) is 0 Å². The van der Waals surface area contributed by atoms with Crippen molar-refractivity contribution in [2.45, 2.75) is 13.3 Å². The Bertz CT molecular complexity index is 1070. The van der Waals surface area contributed by atoms with Gasteiger partial charge in [-0.05, 0) is 67.2 Å². The molecule has 0 aliphatic carbocycles. The molecule has 0 atom stereocenters. The van der Waals surface area contributed by atoms with Crippen molar-refractivity contribution < 1.29 is 14.3 Å². The zero-order valence-corrected chi connectivity index (χ0v) is 17.9. The van der Waals surface area contributed by atoms with Gasteiger partial charge < -0.3 is 15.4 Å². The molecule has 0 fully saturated rings. The van der Waals surface area contributed by atoms with Gasteiger partial charge in [-0.3, -0.25) is 14.9 Å². The third-order valence-electron chi connectivity index (χ3n) is 4.21. The van der Waals surface area contributed by atoms with Crippen LogP contribution in [0, 0.1) is 0 Å². The van der Waals surface area contributed by atoms with Crippen LogP contribution in [-0.4, -0.2) is 23.5 Å². The van der Waals surface area contributed by atoms with E-state index in [1.807, 2.05) is 13.0 Å². The Balaban J connectivity index is 1.59. The van der Waals surface area contributed by atoms with Crippen LogP contribution >= 0.6 is 12.2 Å². The van der Waals surface area contributed by atoms with Crippen molar-refractivity contribution in [3.63, 3.8) is 0 Å². The maximum absolute atomic E-state index is 12.5. The van der Waals surface area contributed by atoms with Crippen molar-refractivity contribution >= 4 is 40.5 Å². The van der Waals surface area contributed by atoms with Crippen LogP contribution in [-0.2, 0) is 0 Å². The molecule has 3 aromatic rings. The average Bonchev–Trinajstić information content (AvgIpc) is 2.78. The first-order valence-corrected chi connectivity index (χ1v) is 10.3. The number of carbonyl (C=O) groups excluding carboxylic acids is 2. The molecule has 6 nitrogen and oxygen atoms in total. The number of hydrogen-bond donors (Lipinski definition) is 3. The SMILES string of the molecule is CCCOc1cccc(C(=O)NC(=S)Nc2cccc(NC(=O)c3ccccc3)c2)c1. The largest absolute Gasteiger partial charge is 0.494 e. The average molecular weight is 434 g/mol. The summed E-state index contributed by atoms with van der Waals surface area (Å²) in [5.41, 5.74) is 2.25. The number of carbonyl (C=O) groups is 2. The van der Waals surface area contributed by atoms with Gasteiger partial charge >= 0.3 is 0 Å². The van der Waals surface area contributed by atoms with E-state index in [1.54, 1.807) is 72.8 Å². The van der Waals surface area contributed by atoms with Crippen molar-refractivity contribution in [1.29, 1.82) is 0 Å². The first-order chi connectivity index (χ1) is 15.0. The number of nitrogens with one attached hydrogen (secondary N) is 3. The first kappa shape index (κ1) is 22.0. The molecule has 0 bridgehead atoms. The Morgan fingerprint density at radius 3 is 2.23 bits per heavy atom. The van der Waals surface area contributed by atoms with E-state index in [0.717, 1.165) is 6.42 Å². The van der Waals surface area contributed by atoms with Gasteiger partial charge in [-0.2, -0.15) is 0 Å². The second-order valence-corrected chi connectivity index (χ2v) is 7.09. The molecule has 0 aromatic heterocycles. The van der Waals surface area contributed by atoms with E-state index < -0.39 is 0 Å². The van der Waals surface area contributed by atoms with Crippen molar-refractivity contribution in [2.75, 3.05) is 17.2 Å². The van der Waals surface area contributed by atoms with Crippen LogP contribution in [0.2, 0.25) is 0 Å². The predicted octanol–water partition coefficient (Wildman–Crippen LogP) is 4.85. The van der Waals surface area contributed by atoms with Crippen LogP contribution in [0.15, 0.2) is 78.9 Å². The molecule has 3 aromatic carbocycles. The van der Waals surface area contributed by atoms with Crippen molar-refractivity contribution in [3.05, 3.63) is 90.0 Å². The third-order valence-corrected chi connectivity index (χ3v) is 4.41. The Labute approximate surface area is 186 Å². The monoisotopic (exact) mass is 433 g/mol. The fourth-order valence-electron chi connectivity index (χ4n) is 2.75. The molecule has 0 saturated carbocycles. The molecule has 7 heteroatoms. The fourth-order valence-corrected chi connectivity index (χ4v) is 2.96. The van der Waals surface area contributed by atoms with Crippen LogP contribution in [0.1, 0.15) is 34.1 Å². The third kappa shape index (κ3) is 6.65. The molecule has 0 unspecified atom stereocenters. The van der Waals surface area contributed by atoms with Crippen molar-refractivity contribution in [1.82, 2.24) is 5.32 Å². The summed E-state index contributed by atoms with van der Waals surface area (Å²) < 4.78 is 5.56. The van der Waals surface area contributed by atoms with Crippen LogP contribution < -0.4 is 20.7 Å². The molecule has 0 heterocycles. The Morgan fingerprint density at radius 1 is 0.806 bits per heavy atom. The molecule has 3 rings (SSSR count). The molecule has 2 amide bonds. The lowest BCUT2D eigenvalue weighted by atomic mass is 10.2. The number of benzene rings is 3. The summed E-state index contributed by atoms with van der Waals surface area (Å²) in [6.45, 7) is 2.60. The first-order valence-electron chi connectivity index (χ1n) is 9.87. The van der Waals surface area contributed by atoms with Crippen molar-refractivity contribution in [3.8, 4) is 5.75 Å². The molecular weight excluding hydrogens is 410 g/mol. The zero-order valence-electron chi connectivity index (χ0n) is 17.1. The van der Waals surface area contributed by atoms with E-state index in [4.69, 9.17) is 17.0 Å². The van der Waals surface area contributed by atoms with Gasteiger partial charge in [-0.15, -0.1) is 0 Å². The Morgan fingerprint density at radius 2 is 1.48 bits per heavy atom. The molecule has 0 radical (unpaired) electrons. The minimum atomic E-state index is -0.340. The molecule has 158 valence electrons. The zero-order chi connectivity index (χ0) is 22.1. The minimum Gasteiger partial charge on any atom is -0.494 e. The molecule has 0 aliphatic heterocycles. The number of ether oxygens (including phenoxy) is 1. The number of anilines is 2. The van der Waals surface area contributed by atoms with Gasteiger partial charge in [0.05, 0.1) is 6.61 Å². The van der Waals surface area contributed by atoms with Gasteiger partial charge in [-0.1, -0.05) is 37.3 Å². The summed E-state index contributed by atoms with van der Waals surface area (Å²) in [4.78, 5) is 24.8. The minimum absolute atomic E-state index is 0.149. The summed E-state index contributed by atoms with van der Waals surface area (Å²) in [6, 6.07) is 22.9. The maximum atomic E-state index is 12.5. The van der Waals surface area contributed by atoms with Gasteiger partial charge in [-0.25, -0.2) is 0 Å². The maximum Gasteiger partial charge on any atom is 0.257 e. The molecule has 31 heavy (non-hydrogen) atoms. The van der Waals surface area contributed by atoms with Crippen LogP contribution in [0.25, 0.3) is 0 Å². The summed E-state index contributed by atoms with van der Waals surface area (Å²) in [7, 11) is 0. The highest BCUT2D eigenvalue weighted by molar-refractivity contribution is 7.80. The van der Waals surface area contributed by atoms with Gasteiger partial charge in [0.2, 0.25) is 0 Å². The smallest absolute Gasteiger partial charge is 0.257 e. The Hall–Kier alpha value is -3.71. The van der Waals surface area contributed by atoms with Gasteiger partial charge in [0.1, 0.15) is 5.75 Å². The van der Waals surface area contributed by atoms with Crippen LogP contribution in [0.4, 0.5) is 11.4 Å². The second-order valence-electron chi connectivity index (χ2n) is 6.69. The molecule has 0 saturated heterocycles. The number of hydrogen-bond acceptors (Lipinski definition) is 4. The normalized spacial score (nSPS) is 10.1. The second kappa shape index (κ2) is 10.9. The van der Waals surface area contributed by atoms with E-state index in [1.165, 1.54) is 0 Å². The summed E-state index contributed by atoms with van der Waals surface area (Å²) in [6.07, 6.45) is 0.884. The van der Waals surface area contributed by atoms with E-state index >= 15 is 0 Å². The fraction of sp³-hybridized carbons (Fsp3) is 0.125. The summed E-state index contributed by atoms with van der Waals surface area (Å²) in [5, 5.41) is 8.60. The highest BCUT2D eigenvalue weighted by atomic mass is 32.1. The molecule has 0 spiro atoms. The Kier molecular flexibility index (Phi) is 7.73.